The Morgan fingerprint density at radius 3 is 2.62 bits per heavy atom. The Hall–Kier alpha value is -2.42. The van der Waals surface area contributed by atoms with Crippen molar-refractivity contribution in [2.24, 2.45) is 0 Å². The molecule has 0 aliphatic carbocycles. The highest BCUT2D eigenvalue weighted by atomic mass is 32.1. The molecule has 0 aromatic carbocycles. The van der Waals surface area contributed by atoms with E-state index in [4.69, 9.17) is 0 Å². The third kappa shape index (κ3) is 2.27. The summed E-state index contributed by atoms with van der Waals surface area (Å²) >= 11 is 1.48. The number of hydrogen-bond donors (Lipinski definition) is 0. The van der Waals surface area contributed by atoms with E-state index in [0.717, 1.165) is 27.2 Å². The highest BCUT2D eigenvalue weighted by molar-refractivity contribution is 7.19. The number of hydrogen-bond acceptors (Lipinski definition) is 7. The summed E-state index contributed by atoms with van der Waals surface area (Å²) in [5.41, 5.74) is 1.73. The minimum atomic E-state index is -0.0916. The van der Waals surface area contributed by atoms with E-state index in [2.05, 4.69) is 65.0 Å². The molecule has 4 rings (SSSR count). The molecule has 4 heterocycles. The molecule has 124 valence electrons. The standard InChI is InChI=1S/C15H18N8S/c1-8(2)11-19-20-14-23(11)21-12(24-14)9-6-10(15(3,4)5)22-13(18-9)16-7-17-22/h6-8H,1-5H3. The molecule has 9 heteroatoms. The molecular formula is C15H18N8S. The van der Waals surface area contributed by atoms with Crippen LogP contribution in [0.3, 0.4) is 0 Å². The molecule has 0 radical (unpaired) electrons. The lowest BCUT2D eigenvalue weighted by Gasteiger charge is -2.19. The molecule has 8 nitrogen and oxygen atoms in total. The van der Waals surface area contributed by atoms with Crippen molar-refractivity contribution in [2.45, 2.75) is 46.0 Å². The van der Waals surface area contributed by atoms with Gasteiger partial charge in [0.25, 0.3) is 5.78 Å². The second-order valence-electron chi connectivity index (χ2n) is 7.06. The summed E-state index contributed by atoms with van der Waals surface area (Å²) < 4.78 is 3.58. The lowest BCUT2D eigenvalue weighted by atomic mass is 9.91. The van der Waals surface area contributed by atoms with Crippen LogP contribution in [0.15, 0.2) is 12.4 Å². The molecule has 0 spiro atoms. The lowest BCUT2D eigenvalue weighted by Crippen LogP contribution is -2.18. The maximum Gasteiger partial charge on any atom is 0.253 e. The molecule has 0 unspecified atom stereocenters. The fraction of sp³-hybridized carbons (Fsp3) is 0.467. The second kappa shape index (κ2) is 5.04. The molecule has 24 heavy (non-hydrogen) atoms. The molecule has 0 aliphatic rings. The zero-order valence-corrected chi connectivity index (χ0v) is 15.0. The third-order valence-electron chi connectivity index (χ3n) is 3.77. The van der Waals surface area contributed by atoms with Gasteiger partial charge in [-0.3, -0.25) is 0 Å². The number of aromatic nitrogens is 8. The van der Waals surface area contributed by atoms with Gasteiger partial charge in [0, 0.05) is 11.3 Å². The van der Waals surface area contributed by atoms with Crippen LogP contribution >= 0.6 is 11.3 Å². The van der Waals surface area contributed by atoms with Crippen LogP contribution in [0.4, 0.5) is 0 Å². The van der Waals surface area contributed by atoms with Gasteiger partial charge in [-0.15, -0.1) is 10.2 Å². The van der Waals surface area contributed by atoms with Crippen molar-refractivity contribution >= 4 is 22.1 Å². The summed E-state index contributed by atoms with van der Waals surface area (Å²) in [6.07, 6.45) is 1.52. The van der Waals surface area contributed by atoms with Gasteiger partial charge >= 0.3 is 0 Å². The molecule has 0 fully saturated rings. The highest BCUT2D eigenvalue weighted by Gasteiger charge is 2.23. The second-order valence-corrected chi connectivity index (χ2v) is 8.02. The van der Waals surface area contributed by atoms with E-state index in [-0.39, 0.29) is 11.3 Å². The summed E-state index contributed by atoms with van der Waals surface area (Å²) in [5, 5.41) is 18.2. The molecule has 0 N–H and O–H groups in total. The minimum Gasteiger partial charge on any atom is -0.208 e. The largest absolute Gasteiger partial charge is 0.253 e. The first-order valence-corrected chi connectivity index (χ1v) is 8.60. The average molecular weight is 342 g/mol. The number of fused-ring (bicyclic) bond motifs is 2. The highest BCUT2D eigenvalue weighted by Crippen LogP contribution is 2.30. The Bertz CT molecular complexity index is 1030. The van der Waals surface area contributed by atoms with E-state index in [0.29, 0.717) is 5.78 Å². The summed E-state index contributed by atoms with van der Waals surface area (Å²) in [6.45, 7) is 10.6. The van der Waals surface area contributed by atoms with Gasteiger partial charge in [0.1, 0.15) is 12.0 Å². The molecule has 0 saturated heterocycles. The van der Waals surface area contributed by atoms with Gasteiger partial charge in [0.15, 0.2) is 10.8 Å². The SMILES string of the molecule is CC(C)c1nnc2sc(-c3cc(C(C)(C)C)n4ncnc4n3)nn12. The Kier molecular flexibility index (Phi) is 3.17. The molecular weight excluding hydrogens is 324 g/mol. The maximum atomic E-state index is 4.67. The summed E-state index contributed by atoms with van der Waals surface area (Å²) in [6, 6.07) is 2.03. The van der Waals surface area contributed by atoms with Gasteiger partial charge in [-0.1, -0.05) is 46.0 Å². The Morgan fingerprint density at radius 2 is 1.92 bits per heavy atom. The van der Waals surface area contributed by atoms with Crippen LogP contribution in [0.1, 0.15) is 52.1 Å². The van der Waals surface area contributed by atoms with Gasteiger partial charge in [-0.25, -0.2) is 9.50 Å². The van der Waals surface area contributed by atoms with Crippen molar-refractivity contribution in [1.82, 2.24) is 39.4 Å². The number of rotatable bonds is 2. The van der Waals surface area contributed by atoms with Crippen LogP contribution in [0.25, 0.3) is 21.4 Å². The van der Waals surface area contributed by atoms with Crippen molar-refractivity contribution in [3.8, 4) is 10.7 Å². The maximum absolute atomic E-state index is 4.67. The van der Waals surface area contributed by atoms with E-state index in [1.165, 1.54) is 17.7 Å². The van der Waals surface area contributed by atoms with Crippen molar-refractivity contribution < 1.29 is 0 Å². The van der Waals surface area contributed by atoms with Crippen molar-refractivity contribution in [1.29, 1.82) is 0 Å². The Labute approximate surface area is 142 Å². The van der Waals surface area contributed by atoms with E-state index >= 15 is 0 Å². The summed E-state index contributed by atoms with van der Waals surface area (Å²) in [7, 11) is 0. The monoisotopic (exact) mass is 342 g/mol. The molecule has 4 aromatic heterocycles. The quantitative estimate of drug-likeness (QED) is 0.557. The topological polar surface area (TPSA) is 86.2 Å². The van der Waals surface area contributed by atoms with Crippen LogP contribution in [0, 0.1) is 0 Å². The van der Waals surface area contributed by atoms with Crippen LogP contribution in [-0.4, -0.2) is 39.4 Å². The van der Waals surface area contributed by atoms with Crippen LogP contribution in [0.5, 0.6) is 0 Å². The normalized spacial score (nSPS) is 12.8. The molecule has 0 saturated carbocycles. The Balaban J connectivity index is 1.93. The zero-order chi connectivity index (χ0) is 17.1. The zero-order valence-electron chi connectivity index (χ0n) is 14.2. The lowest BCUT2D eigenvalue weighted by molar-refractivity contribution is 0.547. The average Bonchev–Trinajstić information content (AvgIpc) is 3.18. The first-order valence-electron chi connectivity index (χ1n) is 7.78. The molecule has 0 aliphatic heterocycles. The van der Waals surface area contributed by atoms with E-state index < -0.39 is 0 Å². The van der Waals surface area contributed by atoms with E-state index in [9.17, 15) is 0 Å². The third-order valence-corrected chi connectivity index (χ3v) is 4.69. The number of nitrogens with zero attached hydrogens (tertiary/aromatic N) is 8. The van der Waals surface area contributed by atoms with Crippen LogP contribution in [-0.2, 0) is 5.41 Å². The van der Waals surface area contributed by atoms with Crippen LogP contribution < -0.4 is 0 Å². The predicted octanol–water partition coefficient (Wildman–Crippen LogP) is 2.71. The predicted molar refractivity (Wildman–Crippen MR) is 91.2 cm³/mol. The molecule has 4 aromatic rings. The van der Waals surface area contributed by atoms with E-state index in [1.54, 1.807) is 9.03 Å². The van der Waals surface area contributed by atoms with Gasteiger partial charge in [-0.2, -0.15) is 19.7 Å². The Morgan fingerprint density at radius 1 is 1.12 bits per heavy atom. The van der Waals surface area contributed by atoms with Gasteiger partial charge < -0.3 is 0 Å². The fourth-order valence-electron chi connectivity index (χ4n) is 2.55. The van der Waals surface area contributed by atoms with Gasteiger partial charge in [0.05, 0.1) is 5.69 Å². The van der Waals surface area contributed by atoms with Crippen molar-refractivity contribution in [3.05, 3.63) is 23.9 Å². The van der Waals surface area contributed by atoms with Gasteiger partial charge in [-0.05, 0) is 6.07 Å². The van der Waals surface area contributed by atoms with Crippen molar-refractivity contribution in [3.63, 3.8) is 0 Å². The van der Waals surface area contributed by atoms with Crippen molar-refractivity contribution in [2.75, 3.05) is 0 Å². The van der Waals surface area contributed by atoms with Gasteiger partial charge in [0.2, 0.25) is 4.96 Å². The molecule has 0 atom stereocenters. The first kappa shape index (κ1) is 15.1. The first-order chi connectivity index (χ1) is 11.3. The minimum absolute atomic E-state index is 0.0916. The van der Waals surface area contributed by atoms with Crippen LogP contribution in [0.2, 0.25) is 0 Å². The summed E-state index contributed by atoms with van der Waals surface area (Å²) in [5.74, 6) is 1.69. The van der Waals surface area contributed by atoms with E-state index in [1.807, 2.05) is 6.07 Å². The fourth-order valence-corrected chi connectivity index (χ4v) is 3.36. The molecule has 0 bridgehead atoms. The smallest absolute Gasteiger partial charge is 0.208 e. The summed E-state index contributed by atoms with van der Waals surface area (Å²) in [4.78, 5) is 9.63. The molecule has 0 amide bonds.